The Bertz CT molecular complexity index is 1420. The van der Waals surface area contributed by atoms with Gasteiger partial charge in [-0.2, -0.15) is 0 Å². The molecule has 4 rings (SSSR count). The first-order chi connectivity index (χ1) is 19.2. The fourth-order valence-corrected chi connectivity index (χ4v) is 11.5. The Morgan fingerprint density at radius 2 is 0.950 bits per heavy atom. The van der Waals surface area contributed by atoms with Gasteiger partial charge in [-0.15, -0.1) is 0 Å². The summed E-state index contributed by atoms with van der Waals surface area (Å²) in [6, 6.07) is 32.5. The average Bonchev–Trinajstić information content (AvgIpc) is 2.97. The molecule has 0 spiro atoms. The van der Waals surface area contributed by atoms with Crippen molar-refractivity contribution < 1.29 is 31.5 Å². The van der Waals surface area contributed by atoms with Gasteiger partial charge in [-0.1, -0.05) is 0 Å². The normalized spacial score (nSPS) is 11.9. The Morgan fingerprint density at radius 1 is 0.600 bits per heavy atom. The molecular weight excluding hydrogens is 547 g/mol. The van der Waals surface area contributed by atoms with Crippen LogP contribution in [0.15, 0.2) is 114 Å². The van der Waals surface area contributed by atoms with Crippen molar-refractivity contribution >= 4 is 29.5 Å². The molecule has 0 aromatic heterocycles. The molecule has 0 heterocycles. The van der Waals surface area contributed by atoms with E-state index in [2.05, 4.69) is 0 Å². The Kier molecular flexibility index (Phi) is 9.48. The van der Waals surface area contributed by atoms with E-state index in [0.29, 0.717) is 18.5 Å². The molecule has 0 aliphatic rings. The Hall–Kier alpha value is -3.84. The first kappa shape index (κ1) is 29.2. The van der Waals surface area contributed by atoms with E-state index >= 15 is 0 Å². The molecule has 0 N–H and O–H groups in total. The summed E-state index contributed by atoms with van der Waals surface area (Å²) in [5, 5.41) is 0. The minimum atomic E-state index is -4.46. The van der Waals surface area contributed by atoms with Crippen LogP contribution >= 0.6 is 7.49 Å². The number of hydrogen-bond donors (Lipinski definition) is 0. The topological polar surface area (TPSA) is 96.0 Å². The molecule has 0 bridgehead atoms. The summed E-state index contributed by atoms with van der Waals surface area (Å²) >= 11 is 0. The van der Waals surface area contributed by atoms with Crippen molar-refractivity contribution in [2.75, 3.05) is 14.2 Å². The summed E-state index contributed by atoms with van der Waals surface area (Å²) in [6.45, 7) is 0. The van der Waals surface area contributed by atoms with E-state index in [0.717, 1.165) is 16.7 Å². The Labute approximate surface area is 235 Å². The van der Waals surface area contributed by atoms with E-state index in [-0.39, 0.29) is 16.0 Å². The maximum absolute atomic E-state index is 14.1. The Morgan fingerprint density at radius 3 is 1.27 bits per heavy atom. The predicted octanol–water partition coefficient (Wildman–Crippen LogP) is 6.23. The molecular formula is C31H31O7PS. The zero-order valence-corrected chi connectivity index (χ0v) is 24.1. The summed E-state index contributed by atoms with van der Waals surface area (Å²) in [6.07, 6.45) is 1.24. The molecule has 9 heteroatoms. The van der Waals surface area contributed by atoms with E-state index < -0.39 is 29.5 Å². The van der Waals surface area contributed by atoms with Gasteiger partial charge in [0, 0.05) is 0 Å². The fraction of sp³-hybridized carbons (Fsp3) is 0.161. The molecule has 0 amide bonds. The standard InChI is InChI=1S/C31H31O7PS/c1-36-30(32)27-18-28(31(33)37-2)20-29(19-27)40(34,35)38-39(21-24-12-6-3-7-13-24,22-25-14-8-4-9-15-25)23-26-16-10-5-11-17-26/h3-20,39H,21-23H2,1-2H3. The number of ether oxygens (including phenoxy) is 2. The quantitative estimate of drug-likeness (QED) is 0.154. The third-order valence-corrected chi connectivity index (χ3v) is 12.7. The first-order valence-electron chi connectivity index (χ1n) is 12.6. The number of carbonyl (C=O) groups excluding carboxylic acids is 2. The summed E-state index contributed by atoms with van der Waals surface area (Å²) in [7, 11) is -5.37. The van der Waals surface area contributed by atoms with Gasteiger partial charge in [0.2, 0.25) is 0 Å². The van der Waals surface area contributed by atoms with E-state index in [1.807, 2.05) is 91.0 Å². The molecule has 0 aliphatic carbocycles. The SMILES string of the molecule is COC(=O)c1cc(C(=O)OC)cc(S(=O)(=O)O[PH](Cc2ccccc2)(Cc2ccccc2)Cc2ccccc2)c1. The van der Waals surface area contributed by atoms with Crippen LogP contribution in [0.1, 0.15) is 37.4 Å². The van der Waals surface area contributed by atoms with E-state index in [1.54, 1.807) is 0 Å². The number of carbonyl (C=O) groups is 2. The molecule has 208 valence electrons. The number of rotatable bonds is 11. The van der Waals surface area contributed by atoms with Crippen LogP contribution in [0.4, 0.5) is 0 Å². The molecule has 0 radical (unpaired) electrons. The van der Waals surface area contributed by atoms with Crippen LogP contribution in [0.3, 0.4) is 0 Å². The van der Waals surface area contributed by atoms with Crippen LogP contribution in [0.25, 0.3) is 0 Å². The molecule has 7 nitrogen and oxygen atoms in total. The van der Waals surface area contributed by atoms with Gasteiger partial charge in [-0.25, -0.2) is 0 Å². The predicted molar refractivity (Wildman–Crippen MR) is 156 cm³/mol. The van der Waals surface area contributed by atoms with Crippen LogP contribution in [0.2, 0.25) is 0 Å². The van der Waals surface area contributed by atoms with Crippen molar-refractivity contribution in [2.45, 2.75) is 23.4 Å². The Balaban J connectivity index is 1.86. The third-order valence-electron chi connectivity index (χ3n) is 6.43. The van der Waals surface area contributed by atoms with Gasteiger partial charge in [0.05, 0.1) is 0 Å². The minimum absolute atomic E-state index is 0.103. The van der Waals surface area contributed by atoms with Gasteiger partial charge in [0.1, 0.15) is 0 Å². The van der Waals surface area contributed by atoms with Crippen LogP contribution in [-0.4, -0.2) is 34.6 Å². The summed E-state index contributed by atoms with van der Waals surface area (Å²) in [4.78, 5) is 24.4. The molecule has 0 atom stereocenters. The first-order valence-corrected chi connectivity index (χ1v) is 16.6. The van der Waals surface area contributed by atoms with E-state index in [9.17, 15) is 18.0 Å². The zero-order chi connectivity index (χ0) is 28.6. The van der Waals surface area contributed by atoms with Crippen LogP contribution in [0.5, 0.6) is 0 Å². The van der Waals surface area contributed by atoms with Crippen LogP contribution < -0.4 is 0 Å². The molecule has 0 fully saturated rings. The maximum atomic E-state index is 14.1. The molecule has 0 saturated heterocycles. The van der Waals surface area contributed by atoms with Crippen molar-refractivity contribution in [3.8, 4) is 0 Å². The van der Waals surface area contributed by atoms with Crippen LogP contribution in [0, 0.1) is 0 Å². The van der Waals surface area contributed by atoms with Crippen LogP contribution in [-0.2, 0) is 42.0 Å². The van der Waals surface area contributed by atoms with Gasteiger partial charge in [-0.05, 0) is 0 Å². The zero-order valence-electron chi connectivity index (χ0n) is 22.3. The van der Waals surface area contributed by atoms with Gasteiger partial charge >= 0.3 is 236 Å². The van der Waals surface area contributed by atoms with E-state index in [4.69, 9.17) is 13.4 Å². The van der Waals surface area contributed by atoms with E-state index in [1.165, 1.54) is 32.4 Å². The molecule has 0 unspecified atom stereocenters. The molecule has 4 aromatic rings. The second kappa shape index (κ2) is 13.0. The van der Waals surface area contributed by atoms with Crippen molar-refractivity contribution in [2.24, 2.45) is 0 Å². The third kappa shape index (κ3) is 7.42. The van der Waals surface area contributed by atoms with Crippen molar-refractivity contribution in [1.82, 2.24) is 0 Å². The molecule has 0 saturated carbocycles. The summed E-state index contributed by atoms with van der Waals surface area (Å²) in [5.74, 6) is -1.58. The number of esters is 2. The van der Waals surface area contributed by atoms with Crippen molar-refractivity contribution in [3.05, 3.63) is 137 Å². The molecule has 0 aliphatic heterocycles. The fourth-order valence-electron chi connectivity index (χ4n) is 4.68. The van der Waals surface area contributed by atoms with Crippen molar-refractivity contribution in [3.63, 3.8) is 0 Å². The molecule has 40 heavy (non-hydrogen) atoms. The van der Waals surface area contributed by atoms with Gasteiger partial charge in [-0.3, -0.25) is 0 Å². The average molecular weight is 579 g/mol. The monoisotopic (exact) mass is 578 g/mol. The molecule has 4 aromatic carbocycles. The number of benzene rings is 4. The second-order valence-electron chi connectivity index (χ2n) is 9.44. The van der Waals surface area contributed by atoms with Gasteiger partial charge in [0.15, 0.2) is 0 Å². The summed E-state index contributed by atoms with van der Waals surface area (Å²) in [5.41, 5.74) is 2.66. The number of methoxy groups -OCH3 is 2. The van der Waals surface area contributed by atoms with Crippen molar-refractivity contribution in [1.29, 1.82) is 0 Å². The second-order valence-corrected chi connectivity index (χ2v) is 14.9. The number of hydrogen-bond acceptors (Lipinski definition) is 7. The van der Waals surface area contributed by atoms with Gasteiger partial charge < -0.3 is 0 Å². The van der Waals surface area contributed by atoms with Gasteiger partial charge in [0.25, 0.3) is 0 Å². The summed E-state index contributed by atoms with van der Waals surface area (Å²) < 4.78 is 44.1.